The van der Waals surface area contributed by atoms with Crippen LogP contribution in [0.4, 0.5) is 0 Å². The van der Waals surface area contributed by atoms with Crippen LogP contribution in [0.15, 0.2) is 54.6 Å². The monoisotopic (exact) mass is 495 g/mol. The van der Waals surface area contributed by atoms with Crippen LogP contribution >= 0.6 is 23.2 Å². The zero-order chi connectivity index (χ0) is 22.7. The van der Waals surface area contributed by atoms with Gasteiger partial charge < -0.3 is 4.74 Å². The molecule has 1 aliphatic heterocycles. The number of ether oxygens (including phenoxy) is 1. The summed E-state index contributed by atoms with van der Waals surface area (Å²) in [6.45, 7) is 1.34. The number of hydrogen-bond acceptors (Lipinski definition) is 5. The molecule has 2 N–H and O–H groups in total. The van der Waals surface area contributed by atoms with E-state index in [2.05, 4.69) is 10.0 Å². The van der Waals surface area contributed by atoms with Gasteiger partial charge in [-0.3, -0.25) is 5.32 Å². The number of nitrogens with zero attached hydrogens (tertiary/aromatic N) is 3. The molecule has 0 amide bonds. The molecule has 3 aromatic rings. The molecule has 0 saturated carbocycles. The zero-order valence-corrected chi connectivity index (χ0v) is 19.7. The molecule has 1 aliphatic rings. The van der Waals surface area contributed by atoms with E-state index in [9.17, 15) is 8.42 Å². The predicted octanol–water partition coefficient (Wildman–Crippen LogP) is 3.23. The zero-order valence-electron chi connectivity index (χ0n) is 17.3. The summed E-state index contributed by atoms with van der Waals surface area (Å²) in [6, 6.07) is 16.7. The highest BCUT2D eigenvalue weighted by atomic mass is 35.5. The Labute approximate surface area is 197 Å². The lowest BCUT2D eigenvalue weighted by atomic mass is 10.1. The quantitative estimate of drug-likeness (QED) is 0.491. The van der Waals surface area contributed by atoms with E-state index in [-0.39, 0.29) is 0 Å². The maximum atomic E-state index is 12.9. The van der Waals surface area contributed by atoms with E-state index in [1.165, 1.54) is 4.31 Å². The molecule has 0 radical (unpaired) electrons. The molecule has 0 spiro atoms. The van der Waals surface area contributed by atoms with Crippen molar-refractivity contribution in [3.05, 3.63) is 70.3 Å². The molecule has 0 bridgehead atoms. The van der Waals surface area contributed by atoms with Crippen molar-refractivity contribution in [1.29, 1.82) is 0 Å². The van der Waals surface area contributed by atoms with Crippen molar-refractivity contribution in [2.24, 2.45) is 0 Å². The van der Waals surface area contributed by atoms with Crippen LogP contribution in [0, 0.1) is 0 Å². The number of benzene rings is 2. The van der Waals surface area contributed by atoms with E-state index in [1.807, 2.05) is 36.4 Å². The Morgan fingerprint density at radius 3 is 2.44 bits per heavy atom. The molecule has 2 heterocycles. The van der Waals surface area contributed by atoms with Gasteiger partial charge in [0, 0.05) is 23.7 Å². The second kappa shape index (κ2) is 9.88. The first-order chi connectivity index (χ1) is 15.4. The Bertz CT molecular complexity index is 1180. The van der Waals surface area contributed by atoms with Crippen molar-refractivity contribution in [3.8, 4) is 16.9 Å². The molecular weight excluding hydrogens is 473 g/mol. The van der Waals surface area contributed by atoms with Crippen molar-refractivity contribution in [2.45, 2.75) is 6.17 Å². The number of hydrogen-bond donors (Lipinski definition) is 2. The Morgan fingerprint density at radius 1 is 1.06 bits per heavy atom. The number of morpholine rings is 1. The standard InChI is InChI=1S/C21H23Cl2N5O3S/c1-24-21(26-32(29,30)27-9-11-31-12-10-27)18-14-20(15-5-3-2-4-6-15)28(25-18)19-8-7-16(22)13-17(19)23/h2-8,13-14,21,24,26H,9-12H2,1H3. The Balaban J connectivity index is 1.74. The van der Waals surface area contributed by atoms with Crippen LogP contribution in [0.1, 0.15) is 11.9 Å². The Kier molecular flexibility index (Phi) is 7.16. The fourth-order valence-corrected chi connectivity index (χ4v) is 5.27. The summed E-state index contributed by atoms with van der Waals surface area (Å²) in [7, 11) is -2.07. The first-order valence-electron chi connectivity index (χ1n) is 10.0. The van der Waals surface area contributed by atoms with Crippen molar-refractivity contribution in [1.82, 2.24) is 24.1 Å². The largest absolute Gasteiger partial charge is 0.379 e. The van der Waals surface area contributed by atoms with Crippen LogP contribution in [0.25, 0.3) is 16.9 Å². The molecule has 1 unspecified atom stereocenters. The third kappa shape index (κ3) is 4.99. The van der Waals surface area contributed by atoms with Crippen LogP contribution < -0.4 is 10.0 Å². The lowest BCUT2D eigenvalue weighted by Gasteiger charge is -2.28. The molecule has 11 heteroatoms. The summed E-state index contributed by atoms with van der Waals surface area (Å²) >= 11 is 12.5. The van der Waals surface area contributed by atoms with E-state index >= 15 is 0 Å². The highest BCUT2D eigenvalue weighted by molar-refractivity contribution is 7.87. The summed E-state index contributed by atoms with van der Waals surface area (Å²) in [5, 5.41) is 8.65. The minimum atomic E-state index is -3.74. The molecular formula is C21H23Cl2N5O3S. The number of aromatic nitrogens is 2. The summed E-state index contributed by atoms with van der Waals surface area (Å²) in [4.78, 5) is 0. The maximum absolute atomic E-state index is 12.9. The molecule has 1 fully saturated rings. The van der Waals surface area contributed by atoms with Gasteiger partial charge in [0.15, 0.2) is 0 Å². The molecule has 170 valence electrons. The van der Waals surface area contributed by atoms with Gasteiger partial charge in [-0.15, -0.1) is 0 Å². The molecule has 1 atom stereocenters. The summed E-state index contributed by atoms with van der Waals surface area (Å²) < 4.78 is 36.8. The van der Waals surface area contributed by atoms with Gasteiger partial charge in [-0.25, -0.2) is 4.68 Å². The third-order valence-electron chi connectivity index (χ3n) is 5.10. The lowest BCUT2D eigenvalue weighted by molar-refractivity contribution is 0.0722. The number of halogens is 2. The van der Waals surface area contributed by atoms with E-state index in [4.69, 9.17) is 33.0 Å². The van der Waals surface area contributed by atoms with Gasteiger partial charge in [0.25, 0.3) is 10.2 Å². The molecule has 2 aromatic carbocycles. The minimum absolute atomic E-state index is 0.301. The van der Waals surface area contributed by atoms with Crippen LogP contribution in [0.2, 0.25) is 10.0 Å². The highest BCUT2D eigenvalue weighted by Gasteiger charge is 2.29. The summed E-state index contributed by atoms with van der Waals surface area (Å²) in [5.41, 5.74) is 2.79. The predicted molar refractivity (Wildman–Crippen MR) is 125 cm³/mol. The van der Waals surface area contributed by atoms with Crippen molar-refractivity contribution < 1.29 is 13.2 Å². The fourth-order valence-electron chi connectivity index (χ4n) is 3.47. The first-order valence-corrected chi connectivity index (χ1v) is 12.2. The van der Waals surface area contributed by atoms with Gasteiger partial charge >= 0.3 is 0 Å². The van der Waals surface area contributed by atoms with Gasteiger partial charge in [0.2, 0.25) is 0 Å². The summed E-state index contributed by atoms with van der Waals surface area (Å²) in [6.07, 6.45) is -0.752. The second-order valence-corrected chi connectivity index (χ2v) is 9.73. The smallest absolute Gasteiger partial charge is 0.281 e. The van der Waals surface area contributed by atoms with Gasteiger partial charge in [-0.05, 0) is 31.3 Å². The average Bonchev–Trinajstić information content (AvgIpc) is 3.23. The molecule has 4 rings (SSSR count). The van der Waals surface area contributed by atoms with Gasteiger partial charge in [0.05, 0.1) is 35.3 Å². The number of rotatable bonds is 7. The first kappa shape index (κ1) is 23.2. The molecule has 0 aliphatic carbocycles. The van der Waals surface area contributed by atoms with Gasteiger partial charge in [0.1, 0.15) is 6.17 Å². The van der Waals surface area contributed by atoms with Crippen molar-refractivity contribution in [2.75, 3.05) is 33.4 Å². The second-order valence-electron chi connectivity index (χ2n) is 7.18. The molecule has 32 heavy (non-hydrogen) atoms. The normalized spacial score (nSPS) is 16.2. The Morgan fingerprint density at radius 2 is 1.78 bits per heavy atom. The highest BCUT2D eigenvalue weighted by Crippen LogP contribution is 2.31. The van der Waals surface area contributed by atoms with Gasteiger partial charge in [-0.1, -0.05) is 53.5 Å². The minimum Gasteiger partial charge on any atom is -0.379 e. The molecule has 8 nitrogen and oxygen atoms in total. The van der Waals surface area contributed by atoms with E-state index in [0.29, 0.717) is 47.7 Å². The van der Waals surface area contributed by atoms with Crippen LogP contribution in [-0.4, -0.2) is 55.9 Å². The topological polar surface area (TPSA) is 88.5 Å². The van der Waals surface area contributed by atoms with E-state index < -0.39 is 16.4 Å². The van der Waals surface area contributed by atoms with E-state index in [0.717, 1.165) is 11.3 Å². The van der Waals surface area contributed by atoms with E-state index in [1.54, 1.807) is 29.9 Å². The number of nitrogens with one attached hydrogen (secondary N) is 2. The summed E-state index contributed by atoms with van der Waals surface area (Å²) in [5.74, 6) is 0. The molecule has 1 saturated heterocycles. The average molecular weight is 496 g/mol. The SMILES string of the molecule is CNC(NS(=O)(=O)N1CCOCC1)c1cc(-c2ccccc2)n(-c2ccc(Cl)cc2Cl)n1. The van der Waals surface area contributed by atoms with Crippen LogP contribution in [-0.2, 0) is 14.9 Å². The molecule has 1 aromatic heterocycles. The van der Waals surface area contributed by atoms with Crippen LogP contribution in [0.3, 0.4) is 0 Å². The van der Waals surface area contributed by atoms with Crippen LogP contribution in [0.5, 0.6) is 0 Å². The maximum Gasteiger partial charge on any atom is 0.281 e. The van der Waals surface area contributed by atoms with Crippen molar-refractivity contribution in [3.63, 3.8) is 0 Å². The van der Waals surface area contributed by atoms with Crippen molar-refractivity contribution >= 4 is 33.4 Å². The Hall–Kier alpha value is -1.98. The lowest BCUT2D eigenvalue weighted by Crippen LogP contribution is -2.49. The third-order valence-corrected chi connectivity index (χ3v) is 7.21. The fraction of sp³-hybridized carbons (Fsp3) is 0.286. The van der Waals surface area contributed by atoms with Gasteiger partial charge in [-0.2, -0.15) is 22.5 Å².